The lowest BCUT2D eigenvalue weighted by Crippen LogP contribution is -2.13. The van der Waals surface area contributed by atoms with Crippen LogP contribution in [0.2, 0.25) is 0 Å². The zero-order valence-electron chi connectivity index (χ0n) is 11.2. The molecule has 3 rings (SSSR count). The molecule has 2 heterocycles. The molecule has 1 aromatic carbocycles. The van der Waals surface area contributed by atoms with Crippen molar-refractivity contribution in [3.8, 4) is 0 Å². The van der Waals surface area contributed by atoms with E-state index in [-0.39, 0.29) is 0 Å². The molecule has 0 aliphatic rings. The number of aromatic amines is 1. The summed E-state index contributed by atoms with van der Waals surface area (Å²) in [5, 5.41) is 8.69. The fourth-order valence-corrected chi connectivity index (χ4v) is 2.38. The number of hydrogen-bond acceptors (Lipinski definition) is 3. The predicted octanol–water partition coefficient (Wildman–Crippen LogP) is 3.06. The smallest absolute Gasteiger partial charge is 0.138 e. The molecule has 4 nitrogen and oxygen atoms in total. The topological polar surface area (TPSA) is 53.9 Å². The molecule has 0 saturated carbocycles. The number of rotatable bonds is 4. The Bertz CT molecular complexity index is 677. The first kappa shape index (κ1) is 12.0. The van der Waals surface area contributed by atoms with Gasteiger partial charge in [-0.05, 0) is 31.5 Å². The quantitative estimate of drug-likeness (QED) is 0.753. The first-order valence-electron chi connectivity index (χ1n) is 6.43. The number of hydrogen-bond donors (Lipinski definition) is 2. The van der Waals surface area contributed by atoms with Gasteiger partial charge in [0.25, 0.3) is 0 Å². The molecule has 0 atom stereocenters. The minimum absolute atomic E-state index is 0.780. The number of H-pyrrole nitrogens is 1. The lowest BCUT2D eigenvalue weighted by molar-refractivity contribution is 0.392. The van der Waals surface area contributed by atoms with Crippen LogP contribution >= 0.6 is 0 Å². The highest BCUT2D eigenvalue weighted by molar-refractivity contribution is 5.82. The maximum atomic E-state index is 5.16. The van der Waals surface area contributed by atoms with Crippen molar-refractivity contribution in [2.75, 3.05) is 0 Å². The summed E-state index contributed by atoms with van der Waals surface area (Å²) in [4.78, 5) is 3.23. The molecule has 0 amide bonds. The molecule has 0 saturated heterocycles. The van der Waals surface area contributed by atoms with Crippen molar-refractivity contribution in [3.63, 3.8) is 0 Å². The van der Waals surface area contributed by atoms with Crippen molar-refractivity contribution in [1.82, 2.24) is 15.5 Å². The number of aromatic nitrogens is 2. The molecule has 3 aromatic rings. The molecule has 0 spiro atoms. The number of fused-ring (bicyclic) bond motifs is 1. The van der Waals surface area contributed by atoms with Crippen LogP contribution in [-0.4, -0.2) is 10.1 Å². The summed E-state index contributed by atoms with van der Waals surface area (Å²) < 4.78 is 5.16. The molecule has 0 bridgehead atoms. The molecular formula is C15H17N3O. The van der Waals surface area contributed by atoms with E-state index in [1.165, 1.54) is 16.5 Å². The lowest BCUT2D eigenvalue weighted by Gasteiger charge is -2.06. The van der Waals surface area contributed by atoms with Crippen LogP contribution in [0.15, 0.2) is 35.0 Å². The van der Waals surface area contributed by atoms with Crippen molar-refractivity contribution < 1.29 is 4.52 Å². The zero-order chi connectivity index (χ0) is 13.2. The van der Waals surface area contributed by atoms with Gasteiger partial charge in [0, 0.05) is 35.8 Å². The third kappa shape index (κ3) is 2.27. The van der Waals surface area contributed by atoms with E-state index in [1.807, 2.05) is 20.0 Å². The first-order valence-corrected chi connectivity index (χ1v) is 6.43. The van der Waals surface area contributed by atoms with Gasteiger partial charge in [0.05, 0.1) is 5.69 Å². The normalized spacial score (nSPS) is 11.3. The minimum atomic E-state index is 0.780. The molecule has 0 aliphatic carbocycles. The van der Waals surface area contributed by atoms with Gasteiger partial charge in [-0.1, -0.05) is 17.3 Å². The summed E-state index contributed by atoms with van der Waals surface area (Å²) in [6, 6.07) is 8.43. The Morgan fingerprint density at radius 3 is 2.89 bits per heavy atom. The second-order valence-corrected chi connectivity index (χ2v) is 4.76. The SMILES string of the molecule is Cc1noc(C)c1CNCc1cccc2[nH]ccc12. The Labute approximate surface area is 111 Å². The summed E-state index contributed by atoms with van der Waals surface area (Å²) in [7, 11) is 0. The molecule has 19 heavy (non-hydrogen) atoms. The van der Waals surface area contributed by atoms with Crippen LogP contribution in [0.4, 0.5) is 0 Å². The minimum Gasteiger partial charge on any atom is -0.361 e. The Hall–Kier alpha value is -2.07. The third-order valence-corrected chi connectivity index (χ3v) is 3.48. The van der Waals surface area contributed by atoms with Crippen LogP contribution < -0.4 is 5.32 Å². The highest BCUT2D eigenvalue weighted by atomic mass is 16.5. The van der Waals surface area contributed by atoms with E-state index in [1.54, 1.807) is 0 Å². The second kappa shape index (κ2) is 4.90. The van der Waals surface area contributed by atoms with E-state index in [0.717, 1.165) is 30.1 Å². The van der Waals surface area contributed by atoms with Crippen molar-refractivity contribution >= 4 is 10.9 Å². The van der Waals surface area contributed by atoms with Gasteiger partial charge in [-0.25, -0.2) is 0 Å². The van der Waals surface area contributed by atoms with Gasteiger partial charge < -0.3 is 14.8 Å². The monoisotopic (exact) mass is 255 g/mol. The average Bonchev–Trinajstić information content (AvgIpc) is 3.00. The van der Waals surface area contributed by atoms with Crippen LogP contribution in [0.1, 0.15) is 22.6 Å². The Kier molecular flexibility index (Phi) is 3.09. The highest BCUT2D eigenvalue weighted by Gasteiger charge is 2.08. The zero-order valence-corrected chi connectivity index (χ0v) is 11.2. The maximum absolute atomic E-state index is 5.16. The maximum Gasteiger partial charge on any atom is 0.138 e. The third-order valence-electron chi connectivity index (χ3n) is 3.48. The van der Waals surface area contributed by atoms with Crippen molar-refractivity contribution in [2.24, 2.45) is 0 Å². The van der Waals surface area contributed by atoms with Crippen LogP contribution in [0.5, 0.6) is 0 Å². The number of nitrogens with one attached hydrogen (secondary N) is 2. The molecule has 0 radical (unpaired) electrons. The Balaban J connectivity index is 1.71. The molecule has 0 fully saturated rings. The van der Waals surface area contributed by atoms with Gasteiger partial charge in [-0.3, -0.25) is 0 Å². The number of nitrogens with zero attached hydrogens (tertiary/aromatic N) is 1. The van der Waals surface area contributed by atoms with E-state index in [4.69, 9.17) is 4.52 Å². The van der Waals surface area contributed by atoms with Gasteiger partial charge in [-0.15, -0.1) is 0 Å². The lowest BCUT2D eigenvalue weighted by atomic mass is 10.1. The summed E-state index contributed by atoms with van der Waals surface area (Å²) in [6.45, 7) is 5.53. The van der Waals surface area contributed by atoms with Gasteiger partial charge in [0.2, 0.25) is 0 Å². The van der Waals surface area contributed by atoms with Crippen molar-refractivity contribution in [1.29, 1.82) is 0 Å². The van der Waals surface area contributed by atoms with Crippen LogP contribution in [0, 0.1) is 13.8 Å². The van der Waals surface area contributed by atoms with E-state index >= 15 is 0 Å². The Morgan fingerprint density at radius 1 is 1.21 bits per heavy atom. The van der Waals surface area contributed by atoms with E-state index in [2.05, 4.69) is 39.7 Å². The van der Waals surface area contributed by atoms with Crippen LogP contribution in [0.3, 0.4) is 0 Å². The van der Waals surface area contributed by atoms with Crippen LogP contribution in [-0.2, 0) is 13.1 Å². The molecule has 2 aromatic heterocycles. The molecule has 98 valence electrons. The van der Waals surface area contributed by atoms with Crippen molar-refractivity contribution in [2.45, 2.75) is 26.9 Å². The first-order chi connectivity index (χ1) is 9.25. The summed E-state index contributed by atoms with van der Waals surface area (Å²) in [5.41, 5.74) is 4.59. The number of benzene rings is 1. The van der Waals surface area contributed by atoms with Gasteiger partial charge in [-0.2, -0.15) is 0 Å². The second-order valence-electron chi connectivity index (χ2n) is 4.76. The van der Waals surface area contributed by atoms with Crippen molar-refractivity contribution in [3.05, 3.63) is 53.0 Å². The fraction of sp³-hybridized carbons (Fsp3) is 0.267. The largest absolute Gasteiger partial charge is 0.361 e. The van der Waals surface area contributed by atoms with E-state index < -0.39 is 0 Å². The fourth-order valence-electron chi connectivity index (χ4n) is 2.38. The molecule has 4 heteroatoms. The summed E-state index contributed by atoms with van der Waals surface area (Å²) in [6.07, 6.45) is 1.97. The van der Waals surface area contributed by atoms with Gasteiger partial charge >= 0.3 is 0 Å². The molecule has 0 unspecified atom stereocenters. The van der Waals surface area contributed by atoms with E-state index in [9.17, 15) is 0 Å². The van der Waals surface area contributed by atoms with Gasteiger partial charge in [0.15, 0.2) is 0 Å². The predicted molar refractivity (Wildman–Crippen MR) is 74.8 cm³/mol. The average molecular weight is 255 g/mol. The van der Waals surface area contributed by atoms with Gasteiger partial charge in [0.1, 0.15) is 5.76 Å². The Morgan fingerprint density at radius 2 is 2.11 bits per heavy atom. The van der Waals surface area contributed by atoms with Crippen LogP contribution in [0.25, 0.3) is 10.9 Å². The summed E-state index contributed by atoms with van der Waals surface area (Å²) >= 11 is 0. The summed E-state index contributed by atoms with van der Waals surface area (Å²) in [5.74, 6) is 0.893. The van der Waals surface area contributed by atoms with E-state index in [0.29, 0.717) is 0 Å². The standard InChI is InChI=1S/C15H17N3O/c1-10-14(11(2)19-18-10)9-16-8-12-4-3-5-15-13(12)6-7-17-15/h3-7,16-17H,8-9H2,1-2H3. The molecule has 2 N–H and O–H groups in total. The number of aryl methyl sites for hydroxylation is 2. The molecular weight excluding hydrogens is 238 g/mol. The highest BCUT2D eigenvalue weighted by Crippen LogP contribution is 2.17. The molecule has 0 aliphatic heterocycles.